The summed E-state index contributed by atoms with van der Waals surface area (Å²) in [4.78, 5) is 36.9. The molecule has 1 saturated heterocycles. The zero-order valence-corrected chi connectivity index (χ0v) is 11.9. The lowest BCUT2D eigenvalue weighted by atomic mass is 10.1. The van der Waals surface area contributed by atoms with E-state index >= 15 is 0 Å². The molecule has 1 aliphatic heterocycles. The Bertz CT molecular complexity index is 342. The first kappa shape index (κ1) is 15.7. The highest BCUT2D eigenvalue weighted by molar-refractivity contribution is 5.99. The maximum absolute atomic E-state index is 12.0. The van der Waals surface area contributed by atoms with Gasteiger partial charge in [-0.3, -0.25) is 19.7 Å². The van der Waals surface area contributed by atoms with Crippen LogP contribution in [0.5, 0.6) is 0 Å². The number of nitrogens with one attached hydrogen (secondary N) is 1. The third-order valence-corrected chi connectivity index (χ3v) is 3.45. The monoisotopic (exact) mass is 268 g/mol. The Morgan fingerprint density at radius 1 is 1.32 bits per heavy atom. The van der Waals surface area contributed by atoms with Crippen molar-refractivity contribution >= 4 is 17.7 Å². The van der Waals surface area contributed by atoms with Gasteiger partial charge in [-0.2, -0.15) is 0 Å². The summed E-state index contributed by atoms with van der Waals surface area (Å²) in [6.45, 7) is 4.54. The van der Waals surface area contributed by atoms with Crippen molar-refractivity contribution in [2.45, 2.75) is 64.8 Å². The molecule has 0 aromatic carbocycles. The predicted molar refractivity (Wildman–Crippen MR) is 72.3 cm³/mol. The number of amides is 3. The number of imide groups is 1. The van der Waals surface area contributed by atoms with Crippen molar-refractivity contribution in [3.63, 3.8) is 0 Å². The molecular weight excluding hydrogens is 244 g/mol. The van der Waals surface area contributed by atoms with Crippen LogP contribution in [-0.2, 0) is 14.4 Å². The molecule has 0 unspecified atom stereocenters. The normalized spacial score (nSPS) is 16.5. The minimum Gasteiger partial charge on any atom is -0.331 e. The van der Waals surface area contributed by atoms with Crippen LogP contribution in [0.15, 0.2) is 0 Å². The molecule has 1 aliphatic rings. The lowest BCUT2D eigenvalue weighted by molar-refractivity contribution is -0.140. The molecule has 19 heavy (non-hydrogen) atoms. The van der Waals surface area contributed by atoms with Gasteiger partial charge in [0.25, 0.3) is 0 Å². The molecule has 108 valence electrons. The van der Waals surface area contributed by atoms with E-state index in [-0.39, 0.29) is 17.7 Å². The zero-order chi connectivity index (χ0) is 14.3. The van der Waals surface area contributed by atoms with Crippen LogP contribution < -0.4 is 5.32 Å². The van der Waals surface area contributed by atoms with Gasteiger partial charge in [-0.15, -0.1) is 0 Å². The SMILES string of the molecule is CCCCCC(=O)NC(=O)[C@H](CC)N1CCCC1=O. The summed E-state index contributed by atoms with van der Waals surface area (Å²) in [6.07, 6.45) is 5.06. The van der Waals surface area contributed by atoms with Crippen LogP contribution in [-0.4, -0.2) is 35.2 Å². The minimum absolute atomic E-state index is 0.0143. The second kappa shape index (κ2) is 7.92. The van der Waals surface area contributed by atoms with Gasteiger partial charge in [0, 0.05) is 19.4 Å². The minimum atomic E-state index is -0.495. The Labute approximate surface area is 114 Å². The Morgan fingerprint density at radius 3 is 2.58 bits per heavy atom. The molecule has 0 radical (unpaired) electrons. The molecule has 1 rings (SSSR count). The number of nitrogens with zero attached hydrogens (tertiary/aromatic N) is 1. The lowest BCUT2D eigenvalue weighted by Gasteiger charge is -2.25. The van der Waals surface area contributed by atoms with Gasteiger partial charge >= 0.3 is 0 Å². The number of carbonyl (C=O) groups is 3. The van der Waals surface area contributed by atoms with Crippen LogP contribution in [0.3, 0.4) is 0 Å². The molecule has 0 aliphatic carbocycles. The summed E-state index contributed by atoms with van der Waals surface area (Å²) < 4.78 is 0. The first-order valence-electron chi connectivity index (χ1n) is 7.23. The number of hydrogen-bond acceptors (Lipinski definition) is 3. The van der Waals surface area contributed by atoms with E-state index in [1.54, 1.807) is 4.90 Å². The van der Waals surface area contributed by atoms with Gasteiger partial charge in [0.1, 0.15) is 6.04 Å². The standard InChI is InChI=1S/C14H24N2O3/c1-3-5-6-8-12(17)15-14(19)11(4-2)16-10-7-9-13(16)18/h11H,3-10H2,1-2H3,(H,15,17,19)/t11-/m0/s1. The molecule has 5 heteroatoms. The number of likely N-dealkylation sites (tertiary alicyclic amines) is 1. The molecule has 0 saturated carbocycles. The first-order chi connectivity index (χ1) is 9.10. The Balaban J connectivity index is 2.45. The van der Waals surface area contributed by atoms with Gasteiger partial charge in [-0.25, -0.2) is 0 Å². The molecule has 1 atom stereocenters. The van der Waals surface area contributed by atoms with Crippen molar-refractivity contribution in [2.24, 2.45) is 0 Å². The highest BCUT2D eigenvalue weighted by Crippen LogP contribution is 2.15. The summed E-state index contributed by atoms with van der Waals surface area (Å²) in [7, 11) is 0. The van der Waals surface area contributed by atoms with Gasteiger partial charge < -0.3 is 4.90 Å². The zero-order valence-electron chi connectivity index (χ0n) is 11.9. The summed E-state index contributed by atoms with van der Waals surface area (Å²) in [5.74, 6) is -0.553. The predicted octanol–water partition coefficient (Wildman–Crippen LogP) is 1.61. The van der Waals surface area contributed by atoms with Gasteiger partial charge in [-0.05, 0) is 19.3 Å². The third-order valence-electron chi connectivity index (χ3n) is 3.45. The van der Waals surface area contributed by atoms with Crippen LogP contribution in [0.4, 0.5) is 0 Å². The van der Waals surface area contributed by atoms with Crippen molar-refractivity contribution in [3.05, 3.63) is 0 Å². The highest BCUT2D eigenvalue weighted by Gasteiger charge is 2.31. The first-order valence-corrected chi connectivity index (χ1v) is 7.23. The van der Waals surface area contributed by atoms with Crippen molar-refractivity contribution in [1.29, 1.82) is 0 Å². The van der Waals surface area contributed by atoms with Crippen LogP contribution in [0.25, 0.3) is 0 Å². The number of unbranched alkanes of at least 4 members (excludes halogenated alkanes) is 2. The Kier molecular flexibility index (Phi) is 6.53. The van der Waals surface area contributed by atoms with E-state index in [0.717, 1.165) is 25.7 Å². The molecule has 1 fully saturated rings. The van der Waals surface area contributed by atoms with Gasteiger partial charge in [0.2, 0.25) is 17.7 Å². The van der Waals surface area contributed by atoms with Crippen LogP contribution >= 0.6 is 0 Å². The summed E-state index contributed by atoms with van der Waals surface area (Å²) in [6, 6.07) is -0.495. The van der Waals surface area contributed by atoms with E-state index in [1.165, 1.54) is 0 Å². The van der Waals surface area contributed by atoms with Crippen molar-refractivity contribution in [2.75, 3.05) is 6.54 Å². The number of carbonyl (C=O) groups excluding carboxylic acids is 3. The van der Waals surface area contributed by atoms with E-state index in [0.29, 0.717) is 25.8 Å². The number of rotatable bonds is 7. The maximum atomic E-state index is 12.0. The average Bonchev–Trinajstić information content (AvgIpc) is 2.77. The highest BCUT2D eigenvalue weighted by atomic mass is 16.2. The maximum Gasteiger partial charge on any atom is 0.249 e. The topological polar surface area (TPSA) is 66.5 Å². The van der Waals surface area contributed by atoms with E-state index < -0.39 is 6.04 Å². The van der Waals surface area contributed by atoms with Crippen molar-refractivity contribution < 1.29 is 14.4 Å². The molecular formula is C14H24N2O3. The van der Waals surface area contributed by atoms with Crippen molar-refractivity contribution in [1.82, 2.24) is 10.2 Å². The average molecular weight is 268 g/mol. The molecule has 0 bridgehead atoms. The Morgan fingerprint density at radius 2 is 2.05 bits per heavy atom. The van der Waals surface area contributed by atoms with Gasteiger partial charge in [0.15, 0.2) is 0 Å². The largest absolute Gasteiger partial charge is 0.331 e. The fourth-order valence-corrected chi connectivity index (χ4v) is 2.36. The Hall–Kier alpha value is -1.39. The van der Waals surface area contributed by atoms with Crippen molar-refractivity contribution in [3.8, 4) is 0 Å². The second-order valence-corrected chi connectivity index (χ2v) is 4.98. The van der Waals surface area contributed by atoms with E-state index in [1.807, 2.05) is 6.92 Å². The smallest absolute Gasteiger partial charge is 0.249 e. The lowest BCUT2D eigenvalue weighted by Crippen LogP contribution is -2.48. The molecule has 1 heterocycles. The fourth-order valence-electron chi connectivity index (χ4n) is 2.36. The quantitative estimate of drug-likeness (QED) is 0.713. The molecule has 3 amide bonds. The molecule has 0 aromatic rings. The van der Waals surface area contributed by atoms with Crippen LogP contribution in [0.1, 0.15) is 58.8 Å². The second-order valence-electron chi connectivity index (χ2n) is 4.98. The summed E-state index contributed by atoms with van der Waals surface area (Å²) >= 11 is 0. The molecule has 5 nitrogen and oxygen atoms in total. The molecule has 1 N–H and O–H groups in total. The van der Waals surface area contributed by atoms with E-state index in [4.69, 9.17) is 0 Å². The van der Waals surface area contributed by atoms with Gasteiger partial charge in [0.05, 0.1) is 0 Å². The van der Waals surface area contributed by atoms with Gasteiger partial charge in [-0.1, -0.05) is 26.7 Å². The third kappa shape index (κ3) is 4.65. The number of hydrogen-bond donors (Lipinski definition) is 1. The van der Waals surface area contributed by atoms with E-state index in [9.17, 15) is 14.4 Å². The summed E-state index contributed by atoms with van der Waals surface area (Å²) in [5.41, 5.74) is 0. The fraction of sp³-hybridized carbons (Fsp3) is 0.786. The van der Waals surface area contributed by atoms with Crippen LogP contribution in [0.2, 0.25) is 0 Å². The summed E-state index contributed by atoms with van der Waals surface area (Å²) in [5, 5.41) is 2.42. The van der Waals surface area contributed by atoms with E-state index in [2.05, 4.69) is 12.2 Å². The molecule has 0 spiro atoms. The van der Waals surface area contributed by atoms with Crippen LogP contribution in [0, 0.1) is 0 Å². The molecule has 0 aromatic heterocycles.